The Morgan fingerprint density at radius 2 is 1.40 bits per heavy atom. The smallest absolute Gasteiger partial charge is 0.857 e. The van der Waals surface area contributed by atoms with Gasteiger partial charge < -0.3 is 20.9 Å². The quantitative estimate of drug-likeness (QED) is 0.0437. The number of nitrogens with zero attached hydrogens (tertiary/aromatic N) is 2. The molecule has 0 saturated heterocycles. The van der Waals surface area contributed by atoms with Gasteiger partial charge in [-0.1, -0.05) is 69.6 Å². The van der Waals surface area contributed by atoms with Crippen LogP contribution in [-0.4, -0.2) is 27.7 Å². The number of thioether (sulfide) groups is 1. The van der Waals surface area contributed by atoms with Crippen LogP contribution >= 0.6 is 93.6 Å². The van der Waals surface area contributed by atoms with Crippen LogP contribution in [0.2, 0.25) is 30.1 Å². The van der Waals surface area contributed by atoms with Crippen molar-refractivity contribution in [2.75, 3.05) is 12.8 Å². The molecule has 0 aliphatic heterocycles. The van der Waals surface area contributed by atoms with Crippen LogP contribution in [0, 0.1) is 40.9 Å². The number of hydrogen-bond acceptors (Lipinski definition) is 7. The summed E-state index contributed by atoms with van der Waals surface area (Å²) in [6, 6.07) is 10.9. The molecule has 8 nitrogen and oxygen atoms in total. The second-order valence-corrected chi connectivity index (χ2v) is 13.0. The molecule has 0 amide bonds. The summed E-state index contributed by atoms with van der Waals surface area (Å²) in [4.78, 5) is 26.6. The molecule has 0 saturated carbocycles. The Kier molecular flexibility index (Phi) is 19.1. The van der Waals surface area contributed by atoms with E-state index in [0.717, 1.165) is 46.7 Å². The first-order valence-corrected chi connectivity index (χ1v) is 16.5. The topological polar surface area (TPSA) is 148 Å². The van der Waals surface area contributed by atoms with Crippen LogP contribution in [0.5, 0.6) is 0 Å². The number of aromatic amines is 1. The first-order chi connectivity index (χ1) is 23.0. The van der Waals surface area contributed by atoms with Crippen molar-refractivity contribution in [3.63, 3.8) is 0 Å². The molecule has 0 radical (unpaired) electrons. The third-order valence-electron chi connectivity index (χ3n) is 6.10. The van der Waals surface area contributed by atoms with Crippen molar-refractivity contribution in [3.8, 4) is 11.1 Å². The number of hydrogen-bond donors (Lipinski definition) is 3. The minimum Gasteiger partial charge on any atom is -0.857 e. The van der Waals surface area contributed by atoms with E-state index in [1.807, 2.05) is 6.92 Å². The number of benzene rings is 4. The summed E-state index contributed by atoms with van der Waals surface area (Å²) in [6.45, 7) is 3.58. The van der Waals surface area contributed by atoms with Crippen molar-refractivity contribution in [1.82, 2.24) is 9.55 Å². The molecule has 5 rings (SSSR count). The van der Waals surface area contributed by atoms with E-state index in [2.05, 4.69) is 4.98 Å². The maximum atomic E-state index is 13.8. The Morgan fingerprint density at radius 3 is 1.96 bits per heavy atom. The summed E-state index contributed by atoms with van der Waals surface area (Å²) < 4.78 is 27.7. The standard InChI is InChI=1S/C15H8Cl3FN2OS.C8H8ClNO2.C7H2Cl2FNS.CH3O.Na/c1-6-2-12-7(3-8(6)16)14(22)21(15(23)20-12)13-5-11(19)9(17)4-10(13)18;1-4-2-7(10)5(8(11)12)3-6(4)9;8-4-1-5(9)7(12-3-11)2-6(4)10;1-2;/h2-5H,1H3,(H,20,23);2-3H,10H2,1H3,(H,11,12);1-2H;1H3;/q;;;-1;+1. The summed E-state index contributed by atoms with van der Waals surface area (Å²) in [5.74, 6) is -2.33. The zero-order chi connectivity index (χ0) is 37.3. The van der Waals surface area contributed by atoms with E-state index in [1.165, 1.54) is 24.3 Å². The van der Waals surface area contributed by atoms with Gasteiger partial charge in [0, 0.05) is 26.7 Å². The van der Waals surface area contributed by atoms with Crippen molar-refractivity contribution in [2.24, 2.45) is 0 Å². The fraction of sp³-hybridized carbons (Fsp3) is 0.0968. The van der Waals surface area contributed by atoms with Gasteiger partial charge in [0.1, 0.15) is 17.0 Å². The van der Waals surface area contributed by atoms with Crippen LogP contribution in [0.1, 0.15) is 21.5 Å². The summed E-state index contributed by atoms with van der Waals surface area (Å²) in [5.41, 5.74) is 7.52. The number of thiocyanates is 1. The molecule has 4 N–H and O–H groups in total. The van der Waals surface area contributed by atoms with E-state index in [9.17, 15) is 18.4 Å². The molecule has 0 aliphatic rings. The molecule has 258 valence electrons. The monoisotopic (exact) mass is 848 g/mol. The number of rotatable bonds is 3. The zero-order valence-corrected chi connectivity index (χ0v) is 34.3. The van der Waals surface area contributed by atoms with Gasteiger partial charge in [0.15, 0.2) is 4.77 Å². The normalized spacial score (nSPS) is 9.90. The second-order valence-electron chi connectivity index (χ2n) is 9.32. The van der Waals surface area contributed by atoms with Gasteiger partial charge in [0.05, 0.1) is 42.2 Å². The fourth-order valence-electron chi connectivity index (χ4n) is 3.77. The van der Waals surface area contributed by atoms with Gasteiger partial charge in [-0.3, -0.25) is 9.36 Å². The number of halogens is 8. The molecule has 19 heteroatoms. The number of fused-ring (bicyclic) bond motifs is 1. The molecule has 5 aromatic rings. The van der Waals surface area contributed by atoms with Crippen LogP contribution in [0.3, 0.4) is 0 Å². The maximum absolute atomic E-state index is 13.8. The molecule has 0 spiro atoms. The second kappa shape index (κ2) is 20.8. The molecular weight excluding hydrogens is 830 g/mol. The Balaban J connectivity index is 0.000000395. The number of nitrogen functional groups attached to an aromatic ring is 1. The van der Waals surface area contributed by atoms with Crippen LogP contribution in [0.4, 0.5) is 14.5 Å². The molecule has 0 aliphatic carbocycles. The third-order valence-corrected chi connectivity index (χ3v) is 9.15. The number of nitrogens with one attached hydrogen (secondary N) is 1. The van der Waals surface area contributed by atoms with E-state index in [0.29, 0.717) is 25.8 Å². The zero-order valence-electron chi connectivity index (χ0n) is 26.1. The number of carboxylic acids is 1. The molecule has 1 aromatic heterocycles. The molecule has 1 heterocycles. The average molecular weight is 851 g/mol. The number of anilines is 1. The van der Waals surface area contributed by atoms with Crippen molar-refractivity contribution < 1.29 is 53.3 Å². The van der Waals surface area contributed by atoms with Gasteiger partial charge in [0.25, 0.3) is 5.56 Å². The predicted molar refractivity (Wildman–Crippen MR) is 196 cm³/mol. The number of nitriles is 1. The van der Waals surface area contributed by atoms with Gasteiger partial charge in [0.2, 0.25) is 0 Å². The molecular formula is C31H21Cl6F2N4NaO4S2. The van der Waals surface area contributed by atoms with Crippen LogP contribution in [0.15, 0.2) is 58.2 Å². The molecule has 0 bridgehead atoms. The number of carboxylic acid groups (broad SMARTS) is 1. The minimum absolute atomic E-state index is 0. The van der Waals surface area contributed by atoms with Crippen molar-refractivity contribution >= 4 is 116 Å². The number of carbonyl (C=O) groups is 1. The maximum Gasteiger partial charge on any atom is 1.00 e. The Morgan fingerprint density at radius 1 is 0.880 bits per heavy atom. The van der Waals surface area contributed by atoms with Crippen LogP contribution in [-0.2, 0) is 0 Å². The minimum atomic E-state index is -1.06. The Hall–Kier alpha value is -2.09. The van der Waals surface area contributed by atoms with E-state index in [4.69, 9.17) is 103 Å². The number of aryl methyl sites for hydroxylation is 2. The number of aromatic carboxylic acids is 1. The van der Waals surface area contributed by atoms with Gasteiger partial charge >= 0.3 is 35.5 Å². The van der Waals surface area contributed by atoms with Crippen LogP contribution < -0.4 is 46.0 Å². The first-order valence-electron chi connectivity index (χ1n) is 13.0. The molecule has 0 atom stereocenters. The average Bonchev–Trinajstić information content (AvgIpc) is 3.03. The van der Waals surface area contributed by atoms with E-state index in [1.54, 1.807) is 24.5 Å². The summed E-state index contributed by atoms with van der Waals surface area (Å²) in [7, 11) is 0.750. The number of nitrogens with two attached hydrogens (primary N) is 1. The van der Waals surface area contributed by atoms with Crippen molar-refractivity contribution in [3.05, 3.63) is 122 Å². The summed E-state index contributed by atoms with van der Waals surface area (Å²) in [5, 5.41) is 28.4. The van der Waals surface area contributed by atoms with Gasteiger partial charge in [-0.15, -0.1) is 0 Å². The summed E-state index contributed by atoms with van der Waals surface area (Å²) >= 11 is 40.7. The molecule has 50 heavy (non-hydrogen) atoms. The van der Waals surface area contributed by atoms with Crippen molar-refractivity contribution in [2.45, 2.75) is 18.7 Å². The first kappa shape index (κ1) is 45.9. The van der Waals surface area contributed by atoms with Gasteiger partial charge in [-0.2, -0.15) is 12.4 Å². The molecule has 0 unspecified atom stereocenters. The van der Waals surface area contributed by atoms with E-state index in [-0.39, 0.29) is 71.4 Å². The number of aromatic nitrogens is 2. The van der Waals surface area contributed by atoms with E-state index < -0.39 is 23.2 Å². The van der Waals surface area contributed by atoms with Gasteiger partial charge in [-0.05, 0) is 91.4 Å². The molecule has 0 fully saturated rings. The predicted octanol–water partition coefficient (Wildman–Crippen LogP) is 7.07. The Bertz CT molecular complexity index is 2220. The van der Waals surface area contributed by atoms with Crippen LogP contribution in [0.25, 0.3) is 16.6 Å². The largest absolute Gasteiger partial charge is 1.00 e. The third kappa shape index (κ3) is 11.7. The Labute approximate surface area is 345 Å². The van der Waals surface area contributed by atoms with E-state index >= 15 is 0 Å². The van der Waals surface area contributed by atoms with Gasteiger partial charge in [-0.25, -0.2) is 13.6 Å². The number of H-pyrrole nitrogens is 1. The molecule has 4 aromatic carbocycles. The van der Waals surface area contributed by atoms with Crippen molar-refractivity contribution in [1.29, 1.82) is 5.26 Å². The SMILES string of the molecule is C[O-].Cc1cc(N)c(C(=O)O)cc1Cl.Cc1cc2[nH]c(=S)n(-c3cc(F)c(Cl)cc3Cl)c(=O)c2cc1Cl.N#CSc1cc(F)c(Cl)cc1Cl.[Na+]. The summed E-state index contributed by atoms with van der Waals surface area (Å²) in [6.07, 6.45) is 0. The fourth-order valence-corrected chi connectivity index (χ4v) is 5.77.